The highest BCUT2D eigenvalue weighted by atomic mass is 19.1. The van der Waals surface area contributed by atoms with E-state index in [4.69, 9.17) is 9.47 Å². The summed E-state index contributed by atoms with van der Waals surface area (Å²) < 4.78 is 40.4. The molecule has 0 saturated carbocycles. The lowest BCUT2D eigenvalue weighted by atomic mass is 10.1. The molecule has 38 heavy (non-hydrogen) atoms. The van der Waals surface area contributed by atoms with Crippen molar-refractivity contribution in [2.75, 3.05) is 26.7 Å². The zero-order valence-corrected chi connectivity index (χ0v) is 22.0. The van der Waals surface area contributed by atoms with E-state index in [-0.39, 0.29) is 17.1 Å². The minimum absolute atomic E-state index is 0.0595. The van der Waals surface area contributed by atoms with E-state index in [9.17, 15) is 18.4 Å². The van der Waals surface area contributed by atoms with E-state index in [0.29, 0.717) is 42.4 Å². The highest BCUT2D eigenvalue weighted by Gasteiger charge is 2.26. The number of esters is 1. The average Bonchev–Trinajstić information content (AvgIpc) is 3.28. The maximum absolute atomic E-state index is 14.4. The molecule has 1 aliphatic heterocycles. The maximum Gasteiger partial charge on any atom is 0.328 e. The van der Waals surface area contributed by atoms with Crippen LogP contribution in [0.4, 0.5) is 8.78 Å². The Kier molecular flexibility index (Phi) is 8.93. The molecule has 8 nitrogen and oxygen atoms in total. The smallest absolute Gasteiger partial charge is 0.328 e. The van der Waals surface area contributed by atoms with E-state index in [2.05, 4.69) is 29.2 Å². The molecule has 0 bridgehead atoms. The quantitative estimate of drug-likeness (QED) is 0.377. The lowest BCUT2D eigenvalue weighted by molar-refractivity contribution is -0.143. The number of fused-ring (bicyclic) bond motifs is 1. The van der Waals surface area contributed by atoms with Crippen molar-refractivity contribution in [3.63, 3.8) is 0 Å². The van der Waals surface area contributed by atoms with Crippen molar-refractivity contribution in [2.24, 2.45) is 5.92 Å². The van der Waals surface area contributed by atoms with Crippen molar-refractivity contribution in [1.82, 2.24) is 20.0 Å². The molecule has 0 spiro atoms. The third-order valence-electron chi connectivity index (χ3n) is 6.61. The predicted octanol–water partition coefficient (Wildman–Crippen LogP) is 4.91. The van der Waals surface area contributed by atoms with Crippen molar-refractivity contribution < 1.29 is 27.8 Å². The lowest BCUT2D eigenvalue weighted by Crippen LogP contribution is -2.44. The van der Waals surface area contributed by atoms with Gasteiger partial charge in [0.25, 0.3) is 5.91 Å². The van der Waals surface area contributed by atoms with Crippen LogP contribution in [0.5, 0.6) is 11.5 Å². The first kappa shape index (κ1) is 27.5. The summed E-state index contributed by atoms with van der Waals surface area (Å²) in [6.45, 7) is 7.29. The average molecular weight is 529 g/mol. The number of hydrogen-bond acceptors (Lipinski definition) is 6. The number of benzene rings is 2. The van der Waals surface area contributed by atoms with E-state index in [0.717, 1.165) is 38.1 Å². The molecule has 0 aliphatic carbocycles. The minimum atomic E-state index is -0.902. The van der Waals surface area contributed by atoms with Gasteiger partial charge in [-0.25, -0.2) is 13.6 Å². The summed E-state index contributed by atoms with van der Waals surface area (Å²) in [7, 11) is 1.28. The number of rotatable bonds is 10. The van der Waals surface area contributed by atoms with Crippen molar-refractivity contribution >= 4 is 22.8 Å². The van der Waals surface area contributed by atoms with Crippen molar-refractivity contribution in [2.45, 2.75) is 52.1 Å². The molecule has 1 unspecified atom stereocenters. The minimum Gasteiger partial charge on any atom is -0.467 e. The Balaban J connectivity index is 1.65. The molecule has 1 amide bonds. The van der Waals surface area contributed by atoms with Gasteiger partial charge in [0.2, 0.25) is 0 Å². The van der Waals surface area contributed by atoms with Crippen molar-refractivity contribution in [3.8, 4) is 11.5 Å². The first-order chi connectivity index (χ1) is 18.2. The number of carbonyl (C=O) groups is 2. The van der Waals surface area contributed by atoms with Gasteiger partial charge in [-0.2, -0.15) is 5.10 Å². The summed E-state index contributed by atoms with van der Waals surface area (Å²) in [6, 6.07) is 5.29. The SMILES string of the molecule is COC(=O)C(CCN1CCCCC1)NC(=O)c1cc2c(cnn2CC(C)C)cc1Oc1ccc(F)cc1F. The first-order valence-corrected chi connectivity index (χ1v) is 13.0. The van der Waals surface area contributed by atoms with Gasteiger partial charge in [0.1, 0.15) is 17.6 Å². The number of nitrogens with one attached hydrogen (secondary N) is 1. The second-order valence-electron chi connectivity index (χ2n) is 10.0. The molecule has 1 aromatic heterocycles. The molecule has 4 rings (SSSR count). The summed E-state index contributed by atoms with van der Waals surface area (Å²) in [5.41, 5.74) is 0.789. The molecule has 3 aromatic rings. The third kappa shape index (κ3) is 6.66. The maximum atomic E-state index is 14.4. The number of ether oxygens (including phenoxy) is 2. The molecule has 10 heteroatoms. The Morgan fingerprint density at radius 3 is 2.53 bits per heavy atom. The molecule has 204 valence electrons. The Hall–Kier alpha value is -3.53. The summed E-state index contributed by atoms with van der Waals surface area (Å²) in [6.07, 6.45) is 5.44. The van der Waals surface area contributed by atoms with Gasteiger partial charge in [-0.05, 0) is 62.5 Å². The molecule has 0 radical (unpaired) electrons. The highest BCUT2D eigenvalue weighted by molar-refractivity contribution is 6.02. The number of methoxy groups -OCH3 is 1. The fourth-order valence-corrected chi connectivity index (χ4v) is 4.66. The Labute approximate surface area is 220 Å². The standard InChI is InChI=1S/C28H34F2N4O4/c1-18(2)17-34-24-15-21(26(13-19(24)16-31-34)38-25-8-7-20(29)14-22(25)30)27(35)32-23(28(36)37-3)9-12-33-10-5-4-6-11-33/h7-8,13-16,18,23H,4-6,9-12,17H2,1-3H3,(H,32,35). The van der Waals surface area contributed by atoms with Crippen LogP contribution in [0.1, 0.15) is 49.9 Å². The predicted molar refractivity (Wildman–Crippen MR) is 139 cm³/mol. The van der Waals surface area contributed by atoms with Gasteiger partial charge in [-0.1, -0.05) is 20.3 Å². The van der Waals surface area contributed by atoms with Crippen LogP contribution in [0.15, 0.2) is 36.5 Å². The molecular formula is C28H34F2N4O4. The molecule has 1 N–H and O–H groups in total. The van der Waals surface area contributed by atoms with E-state index in [1.807, 2.05) is 0 Å². The van der Waals surface area contributed by atoms with Gasteiger partial charge >= 0.3 is 5.97 Å². The number of halogens is 2. The molecule has 1 atom stereocenters. The third-order valence-corrected chi connectivity index (χ3v) is 6.61. The molecule has 1 saturated heterocycles. The van der Waals surface area contributed by atoms with Crippen LogP contribution in [0.3, 0.4) is 0 Å². The molecule has 1 aliphatic rings. The summed E-state index contributed by atoms with van der Waals surface area (Å²) in [5, 5.41) is 7.90. The zero-order valence-electron chi connectivity index (χ0n) is 22.0. The van der Waals surface area contributed by atoms with Gasteiger partial charge in [0.15, 0.2) is 11.6 Å². The van der Waals surface area contributed by atoms with Gasteiger partial charge in [0.05, 0.1) is 24.4 Å². The number of hydrogen-bond donors (Lipinski definition) is 1. The van der Waals surface area contributed by atoms with Gasteiger partial charge in [0, 0.05) is 24.5 Å². The number of likely N-dealkylation sites (tertiary alicyclic amines) is 1. The fourth-order valence-electron chi connectivity index (χ4n) is 4.66. The van der Waals surface area contributed by atoms with Crippen LogP contribution in [0.2, 0.25) is 0 Å². The number of nitrogens with zero attached hydrogens (tertiary/aromatic N) is 3. The van der Waals surface area contributed by atoms with Gasteiger partial charge in [-0.3, -0.25) is 9.48 Å². The molecule has 2 heterocycles. The van der Waals surface area contributed by atoms with E-state index >= 15 is 0 Å². The molecule has 2 aromatic carbocycles. The summed E-state index contributed by atoms with van der Waals surface area (Å²) >= 11 is 0. The number of amides is 1. The number of carbonyl (C=O) groups excluding carboxylic acids is 2. The largest absolute Gasteiger partial charge is 0.467 e. The highest BCUT2D eigenvalue weighted by Crippen LogP contribution is 2.32. The number of piperidine rings is 1. The summed E-state index contributed by atoms with van der Waals surface area (Å²) in [5.74, 6) is -2.63. The Morgan fingerprint density at radius 2 is 1.84 bits per heavy atom. The van der Waals surface area contributed by atoms with Crippen LogP contribution in [-0.2, 0) is 16.1 Å². The Bertz CT molecular complexity index is 1290. The second-order valence-corrected chi connectivity index (χ2v) is 10.0. The van der Waals surface area contributed by atoms with Gasteiger partial charge in [-0.15, -0.1) is 0 Å². The summed E-state index contributed by atoms with van der Waals surface area (Å²) in [4.78, 5) is 28.4. The van der Waals surface area contributed by atoms with E-state index in [1.165, 1.54) is 13.5 Å². The van der Waals surface area contributed by atoms with Crippen molar-refractivity contribution in [3.05, 3.63) is 53.7 Å². The fraction of sp³-hybridized carbons (Fsp3) is 0.464. The zero-order chi connectivity index (χ0) is 27.2. The van der Waals surface area contributed by atoms with Crippen LogP contribution in [-0.4, -0.2) is 59.3 Å². The van der Waals surface area contributed by atoms with Crippen LogP contribution in [0.25, 0.3) is 10.9 Å². The van der Waals surface area contributed by atoms with E-state index < -0.39 is 29.6 Å². The lowest BCUT2D eigenvalue weighted by Gasteiger charge is -2.28. The normalized spacial score (nSPS) is 15.0. The molecular weight excluding hydrogens is 494 g/mol. The first-order valence-electron chi connectivity index (χ1n) is 13.0. The van der Waals surface area contributed by atoms with Crippen molar-refractivity contribution in [1.29, 1.82) is 0 Å². The Morgan fingerprint density at radius 1 is 1.08 bits per heavy atom. The van der Waals surface area contributed by atoms with Crippen LogP contribution in [0, 0.1) is 17.6 Å². The number of aromatic nitrogens is 2. The van der Waals surface area contributed by atoms with Crippen LogP contribution >= 0.6 is 0 Å². The van der Waals surface area contributed by atoms with E-state index in [1.54, 1.807) is 23.0 Å². The monoisotopic (exact) mass is 528 g/mol. The second kappa shape index (κ2) is 12.3. The topological polar surface area (TPSA) is 85.7 Å². The molecule has 1 fully saturated rings. The van der Waals surface area contributed by atoms with Gasteiger partial charge < -0.3 is 19.7 Å². The van der Waals surface area contributed by atoms with Crippen LogP contribution < -0.4 is 10.1 Å².